The number of aliphatic hydroxyl groups is 1. The van der Waals surface area contributed by atoms with E-state index in [1.165, 1.54) is 4.90 Å². The fourth-order valence-electron chi connectivity index (χ4n) is 4.20. The van der Waals surface area contributed by atoms with E-state index in [0.29, 0.717) is 25.7 Å². The normalized spacial score (nSPS) is 20.8. The van der Waals surface area contributed by atoms with E-state index in [2.05, 4.69) is 5.32 Å². The molecule has 1 aromatic carbocycles. The number of carbonyl (C=O) groups excluding carboxylic acids is 3. The molecular formula is C22H31N3O5. The van der Waals surface area contributed by atoms with Crippen LogP contribution in [-0.4, -0.2) is 40.5 Å². The molecule has 1 heterocycles. The summed E-state index contributed by atoms with van der Waals surface area (Å²) in [4.78, 5) is 37.9. The zero-order chi connectivity index (χ0) is 22.4. The van der Waals surface area contributed by atoms with Gasteiger partial charge >= 0.3 is 5.97 Å². The first-order valence-electron chi connectivity index (χ1n) is 10.3. The molecule has 1 aliphatic heterocycles. The molecule has 0 aromatic heterocycles. The Balaban J connectivity index is 2.38. The number of likely N-dealkylation sites (tertiary alicyclic amines) is 1. The standard InChI is InChI=1S/C22H31N3O5/c1-4-21(5-2)20(29)25(22(21,23)6-3)18(17(27)12-13-24-15-26)19(28)30-14-16-10-8-7-9-11-16/h7-11,15,27H,4-6,12-14,23H2,1-3H3,(H,24,26). The number of hydrogen-bond donors (Lipinski definition) is 3. The van der Waals surface area contributed by atoms with Crippen molar-refractivity contribution >= 4 is 18.3 Å². The van der Waals surface area contributed by atoms with Crippen LogP contribution in [0, 0.1) is 5.41 Å². The van der Waals surface area contributed by atoms with Crippen molar-refractivity contribution in [2.75, 3.05) is 6.54 Å². The topological polar surface area (TPSA) is 122 Å². The summed E-state index contributed by atoms with van der Waals surface area (Å²) < 4.78 is 5.40. The van der Waals surface area contributed by atoms with E-state index in [1.54, 1.807) is 12.1 Å². The smallest absolute Gasteiger partial charge is 0.358 e. The van der Waals surface area contributed by atoms with Crippen LogP contribution >= 0.6 is 0 Å². The number of nitrogens with two attached hydrogens (primary N) is 1. The molecule has 4 N–H and O–H groups in total. The van der Waals surface area contributed by atoms with E-state index in [-0.39, 0.29) is 36.9 Å². The molecule has 0 radical (unpaired) electrons. The summed E-state index contributed by atoms with van der Waals surface area (Å²) in [5.74, 6) is -1.49. The molecule has 164 valence electrons. The molecule has 1 aliphatic rings. The second kappa shape index (κ2) is 9.75. The highest BCUT2D eigenvalue weighted by Crippen LogP contribution is 2.54. The molecule has 0 saturated carbocycles. The van der Waals surface area contributed by atoms with E-state index < -0.39 is 17.0 Å². The van der Waals surface area contributed by atoms with Gasteiger partial charge in [0.05, 0.1) is 5.41 Å². The maximum atomic E-state index is 13.2. The number of amides is 2. The molecule has 1 atom stereocenters. The Morgan fingerprint density at radius 3 is 2.37 bits per heavy atom. The van der Waals surface area contributed by atoms with Crippen LogP contribution in [0.4, 0.5) is 0 Å². The van der Waals surface area contributed by atoms with E-state index in [0.717, 1.165) is 5.56 Å². The lowest BCUT2D eigenvalue weighted by atomic mass is 9.60. The van der Waals surface area contributed by atoms with Gasteiger partial charge in [0.1, 0.15) is 18.0 Å². The van der Waals surface area contributed by atoms with E-state index in [1.807, 2.05) is 39.0 Å². The minimum Gasteiger partial charge on any atom is -0.510 e. The van der Waals surface area contributed by atoms with Crippen molar-refractivity contribution in [3.05, 3.63) is 47.4 Å². The summed E-state index contributed by atoms with van der Waals surface area (Å²) in [6, 6.07) is 9.09. The monoisotopic (exact) mass is 417 g/mol. The summed E-state index contributed by atoms with van der Waals surface area (Å²) in [5, 5.41) is 13.1. The molecule has 2 amide bonds. The number of benzene rings is 1. The Hall–Kier alpha value is -2.87. The van der Waals surface area contributed by atoms with Crippen molar-refractivity contribution in [2.45, 2.75) is 58.7 Å². The van der Waals surface area contributed by atoms with Gasteiger partial charge in [-0.1, -0.05) is 51.1 Å². The first-order chi connectivity index (χ1) is 14.3. The van der Waals surface area contributed by atoms with Gasteiger partial charge in [0.25, 0.3) is 0 Å². The third-order valence-corrected chi connectivity index (χ3v) is 6.08. The molecule has 1 unspecified atom stereocenters. The van der Waals surface area contributed by atoms with Crippen LogP contribution < -0.4 is 11.1 Å². The molecule has 1 saturated heterocycles. The SMILES string of the molecule is CCC1(CC)C(=O)N(C(C(=O)OCc2ccccc2)=C(O)CCNC=O)C1(N)CC. The highest BCUT2D eigenvalue weighted by atomic mass is 16.5. The van der Waals surface area contributed by atoms with Gasteiger partial charge < -0.3 is 20.9 Å². The van der Waals surface area contributed by atoms with Crippen LogP contribution in [0.2, 0.25) is 0 Å². The average Bonchev–Trinajstić information content (AvgIpc) is 2.77. The minimum absolute atomic E-state index is 0.0124. The summed E-state index contributed by atoms with van der Waals surface area (Å²) in [5.41, 5.74) is 5.23. The van der Waals surface area contributed by atoms with Gasteiger partial charge in [-0.05, 0) is 24.8 Å². The van der Waals surface area contributed by atoms with Crippen molar-refractivity contribution in [3.8, 4) is 0 Å². The lowest BCUT2D eigenvalue weighted by Gasteiger charge is -2.63. The van der Waals surface area contributed by atoms with Crippen LogP contribution in [-0.2, 0) is 25.7 Å². The highest BCUT2D eigenvalue weighted by molar-refractivity contribution is 6.01. The molecule has 0 aliphatic carbocycles. The summed E-state index contributed by atoms with van der Waals surface area (Å²) in [7, 11) is 0. The van der Waals surface area contributed by atoms with Gasteiger partial charge in [0.2, 0.25) is 12.3 Å². The van der Waals surface area contributed by atoms with Crippen molar-refractivity contribution in [1.82, 2.24) is 10.2 Å². The van der Waals surface area contributed by atoms with Crippen molar-refractivity contribution in [1.29, 1.82) is 0 Å². The molecule has 2 rings (SSSR count). The van der Waals surface area contributed by atoms with Gasteiger partial charge in [-0.2, -0.15) is 0 Å². The van der Waals surface area contributed by atoms with Gasteiger partial charge in [-0.25, -0.2) is 4.79 Å². The third kappa shape index (κ3) is 3.92. The summed E-state index contributed by atoms with van der Waals surface area (Å²) >= 11 is 0. The van der Waals surface area contributed by atoms with Gasteiger partial charge in [-0.3, -0.25) is 14.5 Å². The van der Waals surface area contributed by atoms with Crippen molar-refractivity contribution < 1.29 is 24.2 Å². The number of carbonyl (C=O) groups is 3. The number of aliphatic hydroxyl groups excluding tert-OH is 1. The predicted molar refractivity (Wildman–Crippen MR) is 112 cm³/mol. The highest BCUT2D eigenvalue weighted by Gasteiger charge is 2.68. The van der Waals surface area contributed by atoms with E-state index >= 15 is 0 Å². The number of nitrogens with one attached hydrogen (secondary N) is 1. The zero-order valence-corrected chi connectivity index (χ0v) is 17.8. The van der Waals surface area contributed by atoms with Gasteiger partial charge in [-0.15, -0.1) is 0 Å². The first-order valence-corrected chi connectivity index (χ1v) is 10.3. The largest absolute Gasteiger partial charge is 0.510 e. The zero-order valence-electron chi connectivity index (χ0n) is 17.8. The van der Waals surface area contributed by atoms with Gasteiger partial charge in [0.15, 0.2) is 5.70 Å². The van der Waals surface area contributed by atoms with Gasteiger partial charge in [0, 0.05) is 13.0 Å². The molecule has 30 heavy (non-hydrogen) atoms. The van der Waals surface area contributed by atoms with Crippen LogP contribution in [0.5, 0.6) is 0 Å². The number of β-lactam (4-membered cyclic amide) rings is 1. The molecule has 1 aromatic rings. The molecule has 0 bridgehead atoms. The van der Waals surface area contributed by atoms with Crippen molar-refractivity contribution in [3.63, 3.8) is 0 Å². The number of rotatable bonds is 11. The molecule has 8 heteroatoms. The first kappa shape index (κ1) is 23.4. The Bertz CT molecular complexity index is 804. The van der Waals surface area contributed by atoms with E-state index in [4.69, 9.17) is 10.5 Å². The quantitative estimate of drug-likeness (QED) is 0.127. The second-order valence-corrected chi connectivity index (χ2v) is 7.39. The lowest BCUT2D eigenvalue weighted by molar-refractivity contribution is -0.193. The number of ether oxygens (including phenoxy) is 1. The van der Waals surface area contributed by atoms with Crippen LogP contribution in [0.15, 0.2) is 41.8 Å². The van der Waals surface area contributed by atoms with Crippen LogP contribution in [0.1, 0.15) is 52.0 Å². The second-order valence-electron chi connectivity index (χ2n) is 7.39. The summed E-state index contributed by atoms with van der Waals surface area (Å²) in [6.45, 7) is 5.71. The summed E-state index contributed by atoms with van der Waals surface area (Å²) in [6.07, 6.45) is 1.89. The Kier molecular flexibility index (Phi) is 7.61. The van der Waals surface area contributed by atoms with Crippen LogP contribution in [0.25, 0.3) is 0 Å². The third-order valence-electron chi connectivity index (χ3n) is 6.08. The van der Waals surface area contributed by atoms with Crippen LogP contribution in [0.3, 0.4) is 0 Å². The molecular weight excluding hydrogens is 386 g/mol. The maximum absolute atomic E-state index is 13.2. The average molecular weight is 418 g/mol. The molecule has 8 nitrogen and oxygen atoms in total. The van der Waals surface area contributed by atoms with E-state index in [9.17, 15) is 19.5 Å². The fourth-order valence-corrected chi connectivity index (χ4v) is 4.20. The Morgan fingerprint density at radius 2 is 1.83 bits per heavy atom. The molecule has 0 spiro atoms. The minimum atomic E-state index is -1.12. The number of esters is 1. The Morgan fingerprint density at radius 1 is 1.20 bits per heavy atom. The predicted octanol–water partition coefficient (Wildman–Crippen LogP) is 2.35. The number of nitrogens with zero attached hydrogens (tertiary/aromatic N) is 1. The molecule has 1 fully saturated rings. The Labute approximate surface area is 177 Å². The maximum Gasteiger partial charge on any atom is 0.358 e. The number of hydrogen-bond acceptors (Lipinski definition) is 6. The lowest BCUT2D eigenvalue weighted by Crippen LogP contribution is -2.81. The van der Waals surface area contributed by atoms with Crippen molar-refractivity contribution in [2.24, 2.45) is 11.1 Å². The fraction of sp³-hybridized carbons (Fsp3) is 0.500.